The number of rotatable bonds is 7. The summed E-state index contributed by atoms with van der Waals surface area (Å²) in [5.41, 5.74) is 2.26. The molecule has 1 aromatic heterocycles. The number of aromatic nitrogens is 1. The second kappa shape index (κ2) is 7.38. The fourth-order valence-corrected chi connectivity index (χ4v) is 2.87. The Balaban J connectivity index is 2.04. The van der Waals surface area contributed by atoms with E-state index in [4.69, 9.17) is 5.11 Å². The lowest BCUT2D eigenvalue weighted by molar-refractivity contribution is 0.189. The van der Waals surface area contributed by atoms with Gasteiger partial charge in [-0.05, 0) is 13.0 Å². The third kappa shape index (κ3) is 4.13. The van der Waals surface area contributed by atoms with Gasteiger partial charge in [-0.3, -0.25) is 4.90 Å². The molecule has 3 nitrogen and oxygen atoms in total. The number of aliphatic hydroxyl groups is 1. The lowest BCUT2D eigenvalue weighted by Gasteiger charge is -2.18. The standard InChI is InChI=1S/C15H20N2OS/c1-2-8-17(9-10-18)11-14-12-19-15(16-14)13-6-4-3-5-7-13/h3-7,12,18H,2,8-11H2,1H3. The molecule has 0 unspecified atom stereocenters. The number of hydrogen-bond donors (Lipinski definition) is 1. The maximum absolute atomic E-state index is 9.07. The molecule has 1 N–H and O–H groups in total. The fourth-order valence-electron chi connectivity index (χ4n) is 2.05. The van der Waals surface area contributed by atoms with Crippen LogP contribution in [0.1, 0.15) is 19.0 Å². The van der Waals surface area contributed by atoms with Crippen LogP contribution in [-0.2, 0) is 6.54 Å². The molecular weight excluding hydrogens is 256 g/mol. The molecule has 4 heteroatoms. The van der Waals surface area contributed by atoms with Crippen LogP contribution in [-0.4, -0.2) is 34.7 Å². The summed E-state index contributed by atoms with van der Waals surface area (Å²) in [6.07, 6.45) is 1.09. The fraction of sp³-hybridized carbons (Fsp3) is 0.400. The molecule has 0 aliphatic rings. The van der Waals surface area contributed by atoms with Crippen LogP contribution in [0.5, 0.6) is 0 Å². The molecule has 0 radical (unpaired) electrons. The highest BCUT2D eigenvalue weighted by Crippen LogP contribution is 2.23. The number of thiazole rings is 1. The van der Waals surface area contributed by atoms with E-state index in [9.17, 15) is 0 Å². The van der Waals surface area contributed by atoms with Crippen molar-refractivity contribution in [3.8, 4) is 10.6 Å². The summed E-state index contributed by atoms with van der Waals surface area (Å²) in [5, 5.41) is 12.2. The maximum Gasteiger partial charge on any atom is 0.123 e. The second-order valence-corrected chi connectivity index (χ2v) is 5.37. The number of benzene rings is 1. The monoisotopic (exact) mass is 276 g/mol. The zero-order valence-electron chi connectivity index (χ0n) is 11.2. The van der Waals surface area contributed by atoms with Crippen LogP contribution in [0.2, 0.25) is 0 Å². The summed E-state index contributed by atoms with van der Waals surface area (Å²) in [6.45, 7) is 4.89. The molecule has 0 bridgehead atoms. The van der Waals surface area contributed by atoms with Gasteiger partial charge in [0.15, 0.2) is 0 Å². The summed E-state index contributed by atoms with van der Waals surface area (Å²) >= 11 is 1.68. The third-order valence-corrected chi connectivity index (χ3v) is 3.85. The summed E-state index contributed by atoms with van der Waals surface area (Å²) in [4.78, 5) is 6.92. The highest BCUT2D eigenvalue weighted by Gasteiger charge is 2.08. The SMILES string of the molecule is CCCN(CCO)Cc1csc(-c2ccccc2)n1. The van der Waals surface area contributed by atoms with Crippen molar-refractivity contribution in [2.45, 2.75) is 19.9 Å². The van der Waals surface area contributed by atoms with E-state index >= 15 is 0 Å². The smallest absolute Gasteiger partial charge is 0.123 e. The molecule has 1 aromatic carbocycles. The average Bonchev–Trinajstić information content (AvgIpc) is 2.89. The Hall–Kier alpha value is -1.23. The van der Waals surface area contributed by atoms with Crippen molar-refractivity contribution in [2.75, 3.05) is 19.7 Å². The molecule has 19 heavy (non-hydrogen) atoms. The van der Waals surface area contributed by atoms with Gasteiger partial charge in [0.05, 0.1) is 12.3 Å². The van der Waals surface area contributed by atoms with Crippen molar-refractivity contribution in [2.24, 2.45) is 0 Å². The van der Waals surface area contributed by atoms with Gasteiger partial charge >= 0.3 is 0 Å². The van der Waals surface area contributed by atoms with Crippen molar-refractivity contribution in [1.29, 1.82) is 0 Å². The average molecular weight is 276 g/mol. The normalized spacial score (nSPS) is 11.1. The largest absolute Gasteiger partial charge is 0.395 e. The van der Waals surface area contributed by atoms with Gasteiger partial charge in [-0.2, -0.15) is 0 Å². The molecule has 0 spiro atoms. The lowest BCUT2D eigenvalue weighted by Crippen LogP contribution is -2.27. The molecule has 1 heterocycles. The summed E-state index contributed by atoms with van der Waals surface area (Å²) < 4.78 is 0. The Kier molecular flexibility index (Phi) is 5.51. The Morgan fingerprint density at radius 2 is 2.00 bits per heavy atom. The number of nitrogens with zero attached hydrogens (tertiary/aromatic N) is 2. The maximum atomic E-state index is 9.07. The van der Waals surface area contributed by atoms with Gasteiger partial charge in [-0.25, -0.2) is 4.98 Å². The van der Waals surface area contributed by atoms with E-state index in [-0.39, 0.29) is 6.61 Å². The molecule has 0 aliphatic heterocycles. The van der Waals surface area contributed by atoms with Crippen molar-refractivity contribution >= 4 is 11.3 Å². The topological polar surface area (TPSA) is 36.4 Å². The predicted molar refractivity (Wildman–Crippen MR) is 80.2 cm³/mol. The molecule has 0 atom stereocenters. The first-order valence-corrected chi connectivity index (χ1v) is 7.54. The van der Waals surface area contributed by atoms with Gasteiger partial charge in [0, 0.05) is 24.0 Å². The van der Waals surface area contributed by atoms with E-state index < -0.39 is 0 Å². The molecule has 102 valence electrons. The zero-order valence-corrected chi connectivity index (χ0v) is 12.1. The highest BCUT2D eigenvalue weighted by molar-refractivity contribution is 7.13. The van der Waals surface area contributed by atoms with E-state index in [0.29, 0.717) is 6.54 Å². The van der Waals surface area contributed by atoms with Crippen LogP contribution in [0.4, 0.5) is 0 Å². The van der Waals surface area contributed by atoms with Crippen molar-refractivity contribution in [1.82, 2.24) is 9.88 Å². The first-order chi connectivity index (χ1) is 9.33. The number of aliphatic hydroxyl groups excluding tert-OH is 1. The molecule has 0 amide bonds. The Bertz CT molecular complexity index is 478. The van der Waals surface area contributed by atoms with Crippen molar-refractivity contribution in [3.05, 3.63) is 41.4 Å². The molecule has 0 fully saturated rings. The first kappa shape index (κ1) is 14.2. The molecule has 0 saturated heterocycles. The summed E-state index contributed by atoms with van der Waals surface area (Å²) in [6, 6.07) is 10.2. The third-order valence-electron chi connectivity index (χ3n) is 2.91. The van der Waals surface area contributed by atoms with E-state index in [2.05, 4.69) is 34.3 Å². The molecule has 0 saturated carbocycles. The van der Waals surface area contributed by atoms with E-state index in [1.165, 1.54) is 5.56 Å². The van der Waals surface area contributed by atoms with E-state index in [1.54, 1.807) is 11.3 Å². The van der Waals surface area contributed by atoms with Gasteiger partial charge in [0.2, 0.25) is 0 Å². The van der Waals surface area contributed by atoms with Gasteiger partial charge < -0.3 is 5.11 Å². The van der Waals surface area contributed by atoms with Crippen LogP contribution in [0.25, 0.3) is 10.6 Å². The Labute approximate surface area is 118 Å². The molecule has 2 rings (SSSR count). The van der Waals surface area contributed by atoms with Crippen LogP contribution in [0, 0.1) is 0 Å². The van der Waals surface area contributed by atoms with Crippen molar-refractivity contribution in [3.63, 3.8) is 0 Å². The Morgan fingerprint density at radius 3 is 2.68 bits per heavy atom. The first-order valence-electron chi connectivity index (χ1n) is 6.66. The number of hydrogen-bond acceptors (Lipinski definition) is 4. The van der Waals surface area contributed by atoms with Crippen molar-refractivity contribution < 1.29 is 5.11 Å². The Morgan fingerprint density at radius 1 is 1.21 bits per heavy atom. The second-order valence-electron chi connectivity index (χ2n) is 4.51. The van der Waals surface area contributed by atoms with Gasteiger partial charge in [-0.15, -0.1) is 11.3 Å². The predicted octanol–water partition coefficient (Wildman–Crippen LogP) is 3.01. The minimum Gasteiger partial charge on any atom is -0.395 e. The van der Waals surface area contributed by atoms with Gasteiger partial charge in [0.1, 0.15) is 5.01 Å². The van der Waals surface area contributed by atoms with E-state index in [1.807, 2.05) is 18.2 Å². The highest BCUT2D eigenvalue weighted by atomic mass is 32.1. The minimum atomic E-state index is 0.204. The minimum absolute atomic E-state index is 0.204. The van der Waals surface area contributed by atoms with Crippen LogP contribution < -0.4 is 0 Å². The lowest BCUT2D eigenvalue weighted by atomic mass is 10.2. The zero-order chi connectivity index (χ0) is 13.5. The summed E-state index contributed by atoms with van der Waals surface area (Å²) in [5.74, 6) is 0. The molecule has 2 aromatic rings. The van der Waals surface area contributed by atoms with E-state index in [0.717, 1.165) is 30.2 Å². The quantitative estimate of drug-likeness (QED) is 0.844. The molecule has 0 aliphatic carbocycles. The van der Waals surface area contributed by atoms with Crippen LogP contribution in [0.15, 0.2) is 35.7 Å². The van der Waals surface area contributed by atoms with Crippen LogP contribution >= 0.6 is 11.3 Å². The van der Waals surface area contributed by atoms with Crippen LogP contribution in [0.3, 0.4) is 0 Å². The van der Waals surface area contributed by atoms with Gasteiger partial charge in [0.25, 0.3) is 0 Å². The van der Waals surface area contributed by atoms with Gasteiger partial charge in [-0.1, -0.05) is 37.3 Å². The summed E-state index contributed by atoms with van der Waals surface area (Å²) in [7, 11) is 0. The molecular formula is C15H20N2OS.